The lowest BCUT2D eigenvalue weighted by Gasteiger charge is -2.23. The van der Waals surface area contributed by atoms with Crippen molar-refractivity contribution in [3.63, 3.8) is 0 Å². The second-order valence-corrected chi connectivity index (χ2v) is 5.96. The fraction of sp³-hybridized carbons (Fsp3) is 0.294. The summed E-state index contributed by atoms with van der Waals surface area (Å²) in [5.74, 6) is -0.307. The molecule has 0 bridgehead atoms. The number of pyridine rings is 1. The number of rotatable bonds is 3. The van der Waals surface area contributed by atoms with E-state index in [0.29, 0.717) is 23.5 Å². The van der Waals surface area contributed by atoms with Gasteiger partial charge in [0.05, 0.1) is 17.1 Å². The molecule has 4 rings (SSSR count). The highest BCUT2D eigenvalue weighted by Gasteiger charge is 2.26. The number of nitrogens with zero attached hydrogens (tertiary/aromatic N) is 4. The molecule has 1 aliphatic rings. The van der Waals surface area contributed by atoms with Crippen molar-refractivity contribution in [1.29, 1.82) is 0 Å². The van der Waals surface area contributed by atoms with Crippen LogP contribution in [0.15, 0.2) is 35.8 Å². The quantitative estimate of drug-likeness (QED) is 0.782. The predicted octanol–water partition coefficient (Wildman–Crippen LogP) is 4.25. The van der Waals surface area contributed by atoms with Crippen LogP contribution in [0, 0.1) is 0 Å². The molecule has 1 N–H and O–H groups in total. The highest BCUT2D eigenvalue weighted by molar-refractivity contribution is 5.92. The van der Waals surface area contributed by atoms with Gasteiger partial charge in [-0.1, -0.05) is 0 Å². The number of aromatic nitrogens is 4. The largest absolute Gasteiger partial charge is 0.345 e. The minimum absolute atomic E-state index is 0.201. The number of aromatic amines is 1. The van der Waals surface area contributed by atoms with Crippen LogP contribution in [0.1, 0.15) is 31.4 Å². The molecule has 0 radical (unpaired) electrons. The van der Waals surface area contributed by atoms with Crippen molar-refractivity contribution in [2.45, 2.75) is 32.1 Å². The molecule has 0 amide bonds. The Balaban J connectivity index is 1.82. The molecule has 0 fully saturated rings. The molecule has 0 aromatic carbocycles. The number of hydrogen-bond donors (Lipinski definition) is 1. The fourth-order valence-electron chi connectivity index (χ4n) is 3.20. The van der Waals surface area contributed by atoms with Gasteiger partial charge in [0.25, 0.3) is 0 Å². The summed E-state index contributed by atoms with van der Waals surface area (Å²) in [6.07, 6.45) is 2.96. The fourth-order valence-corrected chi connectivity index (χ4v) is 3.20. The maximum atomic E-state index is 12.9. The summed E-state index contributed by atoms with van der Waals surface area (Å²) in [5.41, 5.74) is 4.48. The van der Waals surface area contributed by atoms with E-state index >= 15 is 0 Å². The molecular weight excluding hydrogens is 312 g/mol. The molecule has 1 unspecified atom stereocenters. The van der Waals surface area contributed by atoms with Gasteiger partial charge >= 0.3 is 0 Å². The second kappa shape index (κ2) is 5.74. The van der Waals surface area contributed by atoms with Crippen molar-refractivity contribution < 1.29 is 8.78 Å². The molecule has 0 saturated heterocycles. The Morgan fingerprint density at radius 3 is 3.04 bits per heavy atom. The lowest BCUT2D eigenvalue weighted by Crippen LogP contribution is -2.14. The van der Waals surface area contributed by atoms with Gasteiger partial charge in [0.15, 0.2) is 0 Å². The van der Waals surface area contributed by atoms with Gasteiger partial charge in [-0.15, -0.1) is 0 Å². The van der Waals surface area contributed by atoms with Crippen LogP contribution < -0.4 is 0 Å². The molecule has 122 valence electrons. The zero-order valence-electron chi connectivity index (χ0n) is 13.0. The van der Waals surface area contributed by atoms with Gasteiger partial charge in [0.2, 0.25) is 6.43 Å². The maximum absolute atomic E-state index is 12.9. The molecule has 5 nitrogen and oxygen atoms in total. The van der Waals surface area contributed by atoms with Gasteiger partial charge in [-0.2, -0.15) is 0 Å². The highest BCUT2D eigenvalue weighted by atomic mass is 19.3. The number of aliphatic imine (C=N–C) groups is 1. The Morgan fingerprint density at radius 1 is 1.33 bits per heavy atom. The minimum Gasteiger partial charge on any atom is -0.345 e. The first-order chi connectivity index (χ1) is 11.6. The number of alkyl halides is 2. The van der Waals surface area contributed by atoms with Crippen LogP contribution in [0.3, 0.4) is 0 Å². The van der Waals surface area contributed by atoms with Gasteiger partial charge in [0, 0.05) is 41.4 Å². The number of H-pyrrole nitrogens is 1. The zero-order valence-corrected chi connectivity index (χ0v) is 13.0. The second-order valence-electron chi connectivity index (χ2n) is 5.96. The molecule has 0 aliphatic carbocycles. The third-order valence-corrected chi connectivity index (χ3v) is 4.24. The van der Waals surface area contributed by atoms with Gasteiger partial charge in [-0.25, -0.2) is 18.7 Å². The average Bonchev–Trinajstić information content (AvgIpc) is 2.98. The summed E-state index contributed by atoms with van der Waals surface area (Å²) in [6, 6.07) is 3.71. The minimum atomic E-state index is -2.36. The van der Waals surface area contributed by atoms with E-state index in [4.69, 9.17) is 0 Å². The molecule has 3 aromatic heterocycles. The van der Waals surface area contributed by atoms with Crippen LogP contribution in [-0.4, -0.2) is 32.1 Å². The van der Waals surface area contributed by atoms with Crippen LogP contribution in [0.4, 0.5) is 14.5 Å². The van der Waals surface area contributed by atoms with Crippen molar-refractivity contribution in [1.82, 2.24) is 19.9 Å². The first-order valence-corrected chi connectivity index (χ1v) is 7.72. The van der Waals surface area contributed by atoms with Crippen LogP contribution >= 0.6 is 0 Å². The smallest absolute Gasteiger partial charge is 0.239 e. The van der Waals surface area contributed by atoms with E-state index in [-0.39, 0.29) is 12.3 Å². The molecule has 0 saturated carbocycles. The summed E-state index contributed by atoms with van der Waals surface area (Å²) < 4.78 is 25.9. The molecule has 4 heterocycles. The molecule has 1 aliphatic heterocycles. The van der Waals surface area contributed by atoms with E-state index in [1.54, 1.807) is 6.20 Å². The first kappa shape index (κ1) is 14.9. The summed E-state index contributed by atoms with van der Waals surface area (Å²) in [7, 11) is 0. The third kappa shape index (κ3) is 2.55. The molecule has 3 aromatic rings. The van der Waals surface area contributed by atoms with Crippen molar-refractivity contribution >= 4 is 22.4 Å². The highest BCUT2D eigenvalue weighted by Crippen LogP contribution is 2.38. The number of nitrogens with one attached hydrogen (secondary N) is 1. The van der Waals surface area contributed by atoms with Gasteiger partial charge in [-0.3, -0.25) is 9.98 Å². The SMILES string of the molecule is CC1=Nc2ccc(-c3c[nH]c4ncncc34)nc2C(CC(F)F)C1. The van der Waals surface area contributed by atoms with E-state index in [1.165, 1.54) is 6.33 Å². The number of hydrogen-bond acceptors (Lipinski definition) is 4. The van der Waals surface area contributed by atoms with E-state index in [1.807, 2.05) is 25.3 Å². The summed E-state index contributed by atoms with van der Waals surface area (Å²) in [4.78, 5) is 20.4. The summed E-state index contributed by atoms with van der Waals surface area (Å²) in [5, 5.41) is 0.853. The Hall–Kier alpha value is -2.70. The molecule has 7 heteroatoms. The van der Waals surface area contributed by atoms with E-state index in [2.05, 4.69) is 24.9 Å². The summed E-state index contributed by atoms with van der Waals surface area (Å²) >= 11 is 0. The normalized spacial score (nSPS) is 17.2. The summed E-state index contributed by atoms with van der Waals surface area (Å²) in [6.45, 7) is 1.87. The average molecular weight is 327 g/mol. The molecule has 1 atom stereocenters. The van der Waals surface area contributed by atoms with E-state index < -0.39 is 6.43 Å². The van der Waals surface area contributed by atoms with Crippen molar-refractivity contribution in [2.24, 2.45) is 4.99 Å². The standard InChI is InChI=1S/C17H15F2N5/c1-9-4-10(5-15(18)19)16-14(23-9)3-2-13(24-16)11-7-21-17-12(11)6-20-8-22-17/h2-3,6-8,10,15H,4-5H2,1H3,(H,20,21,22). The molecule has 0 spiro atoms. The predicted molar refractivity (Wildman–Crippen MR) is 87.9 cm³/mol. The molecule has 24 heavy (non-hydrogen) atoms. The van der Waals surface area contributed by atoms with E-state index in [9.17, 15) is 8.78 Å². The van der Waals surface area contributed by atoms with E-state index in [0.717, 1.165) is 22.3 Å². The maximum Gasteiger partial charge on any atom is 0.239 e. The third-order valence-electron chi connectivity index (χ3n) is 4.24. The van der Waals surface area contributed by atoms with Crippen LogP contribution in [-0.2, 0) is 0 Å². The lowest BCUT2D eigenvalue weighted by atomic mass is 9.91. The Morgan fingerprint density at radius 2 is 2.21 bits per heavy atom. The first-order valence-electron chi connectivity index (χ1n) is 7.72. The lowest BCUT2D eigenvalue weighted by molar-refractivity contribution is 0.128. The Bertz CT molecular complexity index is 932. The Labute approximate surface area is 136 Å². The number of fused-ring (bicyclic) bond motifs is 2. The van der Waals surface area contributed by atoms with Gasteiger partial charge in [-0.05, 0) is 25.5 Å². The van der Waals surface area contributed by atoms with Crippen molar-refractivity contribution in [3.8, 4) is 11.3 Å². The van der Waals surface area contributed by atoms with Crippen molar-refractivity contribution in [3.05, 3.63) is 36.5 Å². The Kier molecular flexibility index (Phi) is 3.55. The van der Waals surface area contributed by atoms with Gasteiger partial charge < -0.3 is 4.98 Å². The van der Waals surface area contributed by atoms with Crippen molar-refractivity contribution in [2.75, 3.05) is 0 Å². The number of halogens is 2. The van der Waals surface area contributed by atoms with Crippen LogP contribution in [0.25, 0.3) is 22.3 Å². The molecular formula is C17H15F2N5. The van der Waals surface area contributed by atoms with Gasteiger partial charge in [0.1, 0.15) is 12.0 Å². The zero-order chi connectivity index (χ0) is 16.7. The monoisotopic (exact) mass is 327 g/mol. The topological polar surface area (TPSA) is 66.8 Å². The van der Waals surface area contributed by atoms with Crippen LogP contribution in [0.2, 0.25) is 0 Å². The van der Waals surface area contributed by atoms with Crippen LogP contribution in [0.5, 0.6) is 0 Å².